The van der Waals surface area contributed by atoms with Gasteiger partial charge in [-0.25, -0.2) is 4.79 Å². The molecule has 0 saturated carbocycles. The molecule has 3 aromatic rings. The summed E-state index contributed by atoms with van der Waals surface area (Å²) in [6.45, 7) is 1.48. The number of hydrogen-bond donors (Lipinski definition) is 3. The predicted octanol–water partition coefficient (Wildman–Crippen LogP) is 3.18. The average Bonchev–Trinajstić information content (AvgIpc) is 3.27. The van der Waals surface area contributed by atoms with Crippen LogP contribution in [0.3, 0.4) is 0 Å². The van der Waals surface area contributed by atoms with Gasteiger partial charge in [-0.05, 0) is 47.7 Å². The summed E-state index contributed by atoms with van der Waals surface area (Å²) in [5.74, 6) is -2.38. The quantitative estimate of drug-likeness (QED) is 0.138. The van der Waals surface area contributed by atoms with Crippen molar-refractivity contribution >= 4 is 29.6 Å². The Labute approximate surface area is 235 Å². The van der Waals surface area contributed by atoms with Crippen molar-refractivity contribution in [1.82, 2.24) is 10.6 Å². The van der Waals surface area contributed by atoms with Gasteiger partial charge in [-0.2, -0.15) is 0 Å². The van der Waals surface area contributed by atoms with Crippen LogP contribution in [0.5, 0.6) is 5.75 Å². The Morgan fingerprint density at radius 1 is 0.927 bits per heavy atom. The van der Waals surface area contributed by atoms with E-state index in [0.717, 1.165) is 22.3 Å². The molecule has 12 nitrogen and oxygen atoms in total. The van der Waals surface area contributed by atoms with E-state index in [1.165, 1.54) is 31.2 Å². The Bertz CT molecular complexity index is 1430. The second kappa shape index (κ2) is 12.7. The third kappa shape index (κ3) is 7.04. The SMILES string of the molecule is C[C@H](NC(=O)OCC1c2ccccc2-c2ccccc21)C(=O)N[C@H](CCC(=O)Oc1ccc([N+](=O)[O-])cc1)C(N)=O. The van der Waals surface area contributed by atoms with Gasteiger partial charge in [-0.3, -0.25) is 24.5 Å². The number of benzene rings is 3. The lowest BCUT2D eigenvalue weighted by atomic mass is 9.98. The molecule has 0 radical (unpaired) electrons. The molecule has 0 spiro atoms. The van der Waals surface area contributed by atoms with Gasteiger partial charge in [0.2, 0.25) is 11.8 Å². The van der Waals surface area contributed by atoms with E-state index >= 15 is 0 Å². The zero-order valence-corrected chi connectivity index (χ0v) is 22.1. The number of fused-ring (bicyclic) bond motifs is 3. The third-order valence-corrected chi connectivity index (χ3v) is 6.65. The summed E-state index contributed by atoms with van der Waals surface area (Å²) >= 11 is 0. The molecule has 4 rings (SSSR count). The molecule has 41 heavy (non-hydrogen) atoms. The van der Waals surface area contributed by atoms with Crippen molar-refractivity contribution in [2.75, 3.05) is 6.61 Å². The minimum Gasteiger partial charge on any atom is -0.449 e. The van der Waals surface area contributed by atoms with Gasteiger partial charge in [-0.15, -0.1) is 0 Å². The number of nitro benzene ring substituents is 1. The summed E-state index contributed by atoms with van der Waals surface area (Å²) < 4.78 is 10.5. The first-order valence-electron chi connectivity index (χ1n) is 12.8. The number of carbonyl (C=O) groups is 4. The topological polar surface area (TPSA) is 180 Å². The van der Waals surface area contributed by atoms with Gasteiger partial charge in [0.1, 0.15) is 24.4 Å². The summed E-state index contributed by atoms with van der Waals surface area (Å²) in [7, 11) is 0. The van der Waals surface area contributed by atoms with Crippen molar-refractivity contribution in [3.8, 4) is 16.9 Å². The van der Waals surface area contributed by atoms with Crippen molar-refractivity contribution in [2.45, 2.75) is 37.8 Å². The molecule has 0 saturated heterocycles. The third-order valence-electron chi connectivity index (χ3n) is 6.65. The average molecular weight is 561 g/mol. The fourth-order valence-electron chi connectivity index (χ4n) is 4.55. The van der Waals surface area contributed by atoms with Gasteiger partial charge in [0.05, 0.1) is 4.92 Å². The molecule has 3 aromatic carbocycles. The molecular formula is C29H28N4O8. The number of alkyl carbamates (subject to hydrolysis) is 1. The molecule has 4 N–H and O–H groups in total. The molecule has 2 atom stereocenters. The molecular weight excluding hydrogens is 532 g/mol. The van der Waals surface area contributed by atoms with Crippen LogP contribution in [0.15, 0.2) is 72.8 Å². The zero-order chi connectivity index (χ0) is 29.5. The van der Waals surface area contributed by atoms with Gasteiger partial charge in [0.15, 0.2) is 0 Å². The van der Waals surface area contributed by atoms with E-state index in [1.54, 1.807) is 0 Å². The molecule has 12 heteroatoms. The number of rotatable bonds is 11. The van der Waals surface area contributed by atoms with Crippen molar-refractivity contribution < 1.29 is 33.6 Å². The first-order chi connectivity index (χ1) is 19.6. The second-order valence-corrected chi connectivity index (χ2v) is 9.42. The highest BCUT2D eigenvalue weighted by Crippen LogP contribution is 2.44. The molecule has 0 heterocycles. The predicted molar refractivity (Wildman–Crippen MR) is 147 cm³/mol. The molecule has 0 fully saturated rings. The normalized spacial score (nSPS) is 13.2. The van der Waals surface area contributed by atoms with Crippen LogP contribution in [0.1, 0.15) is 36.8 Å². The van der Waals surface area contributed by atoms with Crippen LogP contribution < -0.4 is 21.1 Å². The van der Waals surface area contributed by atoms with Crippen LogP contribution in [0.4, 0.5) is 10.5 Å². The van der Waals surface area contributed by atoms with Gasteiger partial charge in [0, 0.05) is 24.5 Å². The minimum atomic E-state index is -1.21. The summed E-state index contributed by atoms with van der Waals surface area (Å²) in [5.41, 5.74) is 9.47. The van der Waals surface area contributed by atoms with E-state index < -0.39 is 40.9 Å². The molecule has 0 aromatic heterocycles. The lowest BCUT2D eigenvalue weighted by Crippen LogP contribution is -2.52. The molecule has 1 aliphatic carbocycles. The number of nitrogens with two attached hydrogens (primary N) is 1. The van der Waals surface area contributed by atoms with Crippen molar-refractivity contribution in [3.63, 3.8) is 0 Å². The zero-order valence-electron chi connectivity index (χ0n) is 22.1. The minimum absolute atomic E-state index is 0.0645. The first-order valence-corrected chi connectivity index (χ1v) is 12.8. The largest absolute Gasteiger partial charge is 0.449 e. The monoisotopic (exact) mass is 560 g/mol. The Kier molecular flexibility index (Phi) is 8.92. The Morgan fingerprint density at radius 2 is 1.51 bits per heavy atom. The maximum Gasteiger partial charge on any atom is 0.407 e. The number of carbonyl (C=O) groups excluding carboxylic acids is 4. The molecule has 1 aliphatic rings. The molecule has 0 aliphatic heterocycles. The van der Waals surface area contributed by atoms with Crippen LogP contribution >= 0.6 is 0 Å². The van der Waals surface area contributed by atoms with Crippen molar-refractivity contribution in [2.24, 2.45) is 5.73 Å². The number of nitro groups is 1. The number of nitrogens with zero attached hydrogens (tertiary/aromatic N) is 1. The highest BCUT2D eigenvalue weighted by atomic mass is 16.6. The van der Waals surface area contributed by atoms with Crippen LogP contribution in [-0.4, -0.2) is 47.5 Å². The molecule has 3 amide bonds. The van der Waals surface area contributed by atoms with Gasteiger partial charge in [-0.1, -0.05) is 48.5 Å². The highest BCUT2D eigenvalue weighted by Gasteiger charge is 2.30. The molecule has 0 unspecified atom stereocenters. The number of nitrogens with one attached hydrogen (secondary N) is 2. The Hall–Kier alpha value is -5.26. The van der Waals surface area contributed by atoms with Gasteiger partial charge >= 0.3 is 12.1 Å². The van der Waals surface area contributed by atoms with E-state index in [1.807, 2.05) is 48.5 Å². The van der Waals surface area contributed by atoms with Crippen LogP contribution in [-0.2, 0) is 19.1 Å². The Morgan fingerprint density at radius 3 is 2.07 bits per heavy atom. The number of non-ortho nitro benzene ring substituents is 1. The highest BCUT2D eigenvalue weighted by molar-refractivity contribution is 5.90. The fourth-order valence-corrected chi connectivity index (χ4v) is 4.55. The number of esters is 1. The second-order valence-electron chi connectivity index (χ2n) is 9.42. The molecule has 212 valence electrons. The van der Waals surface area contributed by atoms with Gasteiger partial charge < -0.3 is 25.8 Å². The number of ether oxygens (including phenoxy) is 2. The fraction of sp³-hybridized carbons (Fsp3) is 0.241. The summed E-state index contributed by atoms with van der Waals surface area (Å²) in [5, 5.41) is 15.6. The standard InChI is InChI=1S/C29H28N4O8/c1-17(31-29(37)40-16-24-22-8-4-2-6-20(22)21-7-3-5-9-23(21)24)28(36)32-25(27(30)35)14-15-26(34)41-19-12-10-18(11-13-19)33(38)39/h2-13,17,24-25H,14-16H2,1H3,(H2,30,35)(H,31,37)(H,32,36)/t17-,25+/m0/s1. The maximum atomic E-state index is 12.6. The Balaban J connectivity index is 1.25. The lowest BCUT2D eigenvalue weighted by Gasteiger charge is -2.20. The van der Waals surface area contributed by atoms with Crippen molar-refractivity contribution in [1.29, 1.82) is 0 Å². The van der Waals surface area contributed by atoms with Gasteiger partial charge in [0.25, 0.3) is 5.69 Å². The summed E-state index contributed by atoms with van der Waals surface area (Å²) in [6, 6.07) is 18.4. The first kappa shape index (κ1) is 28.7. The van der Waals surface area contributed by atoms with Crippen LogP contribution in [0.2, 0.25) is 0 Å². The summed E-state index contributed by atoms with van der Waals surface area (Å²) in [4.78, 5) is 59.3. The molecule has 0 bridgehead atoms. The number of hydrogen-bond acceptors (Lipinski definition) is 8. The maximum absolute atomic E-state index is 12.6. The number of amides is 3. The number of primary amides is 1. The van der Waals surface area contributed by atoms with Crippen molar-refractivity contribution in [3.05, 3.63) is 94.0 Å². The van der Waals surface area contributed by atoms with E-state index in [4.69, 9.17) is 15.2 Å². The van der Waals surface area contributed by atoms with E-state index in [-0.39, 0.29) is 36.8 Å². The van der Waals surface area contributed by atoms with Crippen LogP contribution in [0, 0.1) is 10.1 Å². The lowest BCUT2D eigenvalue weighted by molar-refractivity contribution is -0.384. The smallest absolute Gasteiger partial charge is 0.407 e. The van der Waals surface area contributed by atoms with E-state index in [0.29, 0.717) is 0 Å². The van der Waals surface area contributed by atoms with Crippen LogP contribution in [0.25, 0.3) is 11.1 Å². The van der Waals surface area contributed by atoms with E-state index in [2.05, 4.69) is 10.6 Å². The summed E-state index contributed by atoms with van der Waals surface area (Å²) in [6.07, 6.45) is -1.25. The van der Waals surface area contributed by atoms with E-state index in [9.17, 15) is 29.3 Å².